The number of rotatable bonds is 4. The van der Waals surface area contributed by atoms with Crippen molar-refractivity contribution in [3.63, 3.8) is 0 Å². The van der Waals surface area contributed by atoms with Crippen LogP contribution in [0.25, 0.3) is 0 Å². The van der Waals surface area contributed by atoms with E-state index in [0.717, 1.165) is 0 Å². The van der Waals surface area contributed by atoms with Gasteiger partial charge in [-0.2, -0.15) is 0 Å². The number of aliphatic hydroxyl groups excluding tert-OH is 1. The summed E-state index contributed by atoms with van der Waals surface area (Å²) in [4.78, 5) is 10.5. The zero-order valence-corrected chi connectivity index (χ0v) is 11.5. The molecule has 0 aromatic heterocycles. The lowest BCUT2D eigenvalue weighted by atomic mass is 10.1. The Kier molecular flexibility index (Phi) is 4.18. The van der Waals surface area contributed by atoms with E-state index in [-0.39, 0.29) is 17.2 Å². The predicted molar refractivity (Wildman–Crippen MR) is 74.9 cm³/mol. The molecule has 0 aliphatic heterocycles. The first kappa shape index (κ1) is 14.9. The molecule has 0 fully saturated rings. The maximum absolute atomic E-state index is 13.9. The highest BCUT2D eigenvalue weighted by Crippen LogP contribution is 2.35. The molecule has 1 N–H and O–H groups in total. The number of ether oxygens (including phenoxy) is 1. The van der Waals surface area contributed by atoms with Crippen molar-refractivity contribution in [1.29, 1.82) is 0 Å². The number of nitro groups is 1. The van der Waals surface area contributed by atoms with Crippen LogP contribution in [0.15, 0.2) is 36.4 Å². The Bertz CT molecular complexity index is 685. The van der Waals surface area contributed by atoms with Gasteiger partial charge in [0.05, 0.1) is 11.0 Å². The monoisotopic (exact) mass is 291 g/mol. The van der Waals surface area contributed by atoms with Crippen molar-refractivity contribution in [2.45, 2.75) is 20.0 Å². The average molecular weight is 291 g/mol. The third-order valence-corrected chi connectivity index (χ3v) is 3.04. The highest BCUT2D eigenvalue weighted by Gasteiger charge is 2.19. The van der Waals surface area contributed by atoms with Gasteiger partial charge in [0.15, 0.2) is 11.6 Å². The molecule has 5 nitrogen and oxygen atoms in total. The van der Waals surface area contributed by atoms with E-state index in [1.807, 2.05) is 0 Å². The Labute approximate surface area is 120 Å². The number of aliphatic hydroxyl groups is 1. The largest absolute Gasteiger partial charge is 0.447 e. The van der Waals surface area contributed by atoms with Gasteiger partial charge in [-0.25, -0.2) is 4.39 Å². The van der Waals surface area contributed by atoms with Crippen LogP contribution in [-0.4, -0.2) is 10.0 Å². The minimum atomic E-state index is -0.839. The summed E-state index contributed by atoms with van der Waals surface area (Å²) in [6, 6.07) is 8.64. The van der Waals surface area contributed by atoms with Gasteiger partial charge in [-0.1, -0.05) is 18.2 Å². The molecule has 0 amide bonds. The number of nitrogens with zero attached hydrogens (tertiary/aromatic N) is 1. The fourth-order valence-corrected chi connectivity index (χ4v) is 1.84. The summed E-state index contributed by atoms with van der Waals surface area (Å²) in [6.07, 6.45) is -0.839. The van der Waals surface area contributed by atoms with Crippen molar-refractivity contribution in [2.24, 2.45) is 0 Å². The molecule has 2 aromatic carbocycles. The van der Waals surface area contributed by atoms with Gasteiger partial charge in [-0.3, -0.25) is 10.1 Å². The summed E-state index contributed by atoms with van der Waals surface area (Å²) >= 11 is 0. The van der Waals surface area contributed by atoms with Crippen molar-refractivity contribution < 1.29 is 19.2 Å². The van der Waals surface area contributed by atoms with Gasteiger partial charge in [0.2, 0.25) is 5.75 Å². The van der Waals surface area contributed by atoms with Crippen LogP contribution >= 0.6 is 0 Å². The maximum atomic E-state index is 13.9. The zero-order chi connectivity index (χ0) is 15.6. The van der Waals surface area contributed by atoms with Gasteiger partial charge in [0.1, 0.15) is 0 Å². The van der Waals surface area contributed by atoms with Crippen LogP contribution in [0.2, 0.25) is 0 Å². The molecule has 0 heterocycles. The molecule has 6 heteroatoms. The molecule has 0 aliphatic rings. The molecular weight excluding hydrogens is 277 g/mol. The van der Waals surface area contributed by atoms with Crippen LogP contribution in [0.5, 0.6) is 11.5 Å². The third-order valence-electron chi connectivity index (χ3n) is 3.04. The van der Waals surface area contributed by atoms with Crippen LogP contribution in [-0.2, 0) is 0 Å². The molecule has 1 atom stereocenters. The molecule has 0 unspecified atom stereocenters. The summed E-state index contributed by atoms with van der Waals surface area (Å²) in [5.41, 5.74) is 0.448. The molecule has 2 rings (SSSR count). The first-order valence-corrected chi connectivity index (χ1v) is 6.29. The summed E-state index contributed by atoms with van der Waals surface area (Å²) in [5.74, 6) is -0.719. The lowest BCUT2D eigenvalue weighted by Crippen LogP contribution is -1.98. The summed E-state index contributed by atoms with van der Waals surface area (Å²) in [5, 5.41) is 20.6. The standard InChI is InChI=1S/C15H14FNO4/c1-9-4-3-5-14(15(9)16)21-13-7-6-11(10(2)18)8-12(13)17(19)20/h3-8,10,18H,1-2H3/t10-/m1/s1. The molecule has 2 aromatic rings. The first-order chi connectivity index (χ1) is 9.90. The second-order valence-electron chi connectivity index (χ2n) is 4.65. The number of benzene rings is 2. The summed E-state index contributed by atoms with van der Waals surface area (Å²) < 4.78 is 19.2. The van der Waals surface area contributed by atoms with Crippen molar-refractivity contribution in [3.05, 3.63) is 63.5 Å². The van der Waals surface area contributed by atoms with E-state index >= 15 is 0 Å². The lowest BCUT2D eigenvalue weighted by Gasteiger charge is -2.10. The highest BCUT2D eigenvalue weighted by atomic mass is 19.1. The van der Waals surface area contributed by atoms with Gasteiger partial charge in [0, 0.05) is 6.07 Å². The fourth-order valence-electron chi connectivity index (χ4n) is 1.84. The normalized spacial score (nSPS) is 12.0. The topological polar surface area (TPSA) is 72.6 Å². The number of halogens is 1. The van der Waals surface area contributed by atoms with Gasteiger partial charge in [-0.15, -0.1) is 0 Å². The minimum Gasteiger partial charge on any atom is -0.447 e. The minimum absolute atomic E-state index is 0.0751. The van der Waals surface area contributed by atoms with Crippen molar-refractivity contribution in [3.8, 4) is 11.5 Å². The Morgan fingerprint density at radius 1 is 1.29 bits per heavy atom. The number of hydrogen-bond acceptors (Lipinski definition) is 4. The average Bonchev–Trinajstić information content (AvgIpc) is 2.43. The van der Waals surface area contributed by atoms with E-state index in [2.05, 4.69) is 0 Å². The Balaban J connectivity index is 2.44. The van der Waals surface area contributed by atoms with E-state index in [1.165, 1.54) is 31.2 Å². The van der Waals surface area contributed by atoms with Crippen molar-refractivity contribution in [2.75, 3.05) is 0 Å². The van der Waals surface area contributed by atoms with Crippen LogP contribution in [0.1, 0.15) is 24.2 Å². The molecule has 21 heavy (non-hydrogen) atoms. The molecule has 0 bridgehead atoms. The molecule has 0 saturated carbocycles. The summed E-state index contributed by atoms with van der Waals surface area (Å²) in [7, 11) is 0. The predicted octanol–water partition coefficient (Wildman–Crippen LogP) is 3.89. The molecule has 0 spiro atoms. The Morgan fingerprint density at radius 2 is 2.00 bits per heavy atom. The molecule has 0 radical (unpaired) electrons. The SMILES string of the molecule is Cc1cccc(Oc2ccc([C@@H](C)O)cc2[N+](=O)[O-])c1F. The van der Waals surface area contributed by atoms with Crippen LogP contribution in [0, 0.1) is 22.9 Å². The quantitative estimate of drug-likeness (QED) is 0.685. The van der Waals surface area contributed by atoms with Gasteiger partial charge in [0.25, 0.3) is 0 Å². The number of nitro benzene ring substituents is 1. The molecular formula is C15H14FNO4. The third kappa shape index (κ3) is 3.17. The van der Waals surface area contributed by atoms with Crippen LogP contribution in [0.3, 0.4) is 0 Å². The Hall–Kier alpha value is -2.47. The van der Waals surface area contributed by atoms with E-state index in [4.69, 9.17) is 4.74 Å². The molecule has 0 saturated heterocycles. The van der Waals surface area contributed by atoms with E-state index in [9.17, 15) is 19.6 Å². The highest BCUT2D eigenvalue weighted by molar-refractivity contribution is 5.51. The van der Waals surface area contributed by atoms with Gasteiger partial charge >= 0.3 is 5.69 Å². The lowest BCUT2D eigenvalue weighted by molar-refractivity contribution is -0.385. The number of aryl methyl sites for hydroxylation is 1. The zero-order valence-electron chi connectivity index (χ0n) is 11.5. The van der Waals surface area contributed by atoms with Crippen LogP contribution in [0.4, 0.5) is 10.1 Å². The van der Waals surface area contributed by atoms with Gasteiger partial charge in [-0.05, 0) is 37.1 Å². The Morgan fingerprint density at radius 3 is 2.62 bits per heavy atom. The van der Waals surface area contributed by atoms with E-state index in [0.29, 0.717) is 11.1 Å². The fraction of sp³-hybridized carbons (Fsp3) is 0.200. The van der Waals surface area contributed by atoms with Crippen molar-refractivity contribution >= 4 is 5.69 Å². The first-order valence-electron chi connectivity index (χ1n) is 6.29. The molecule has 0 aliphatic carbocycles. The second kappa shape index (κ2) is 5.88. The van der Waals surface area contributed by atoms with Crippen molar-refractivity contribution in [1.82, 2.24) is 0 Å². The molecule has 110 valence electrons. The van der Waals surface area contributed by atoms with Gasteiger partial charge < -0.3 is 9.84 Å². The van der Waals surface area contributed by atoms with E-state index < -0.39 is 16.8 Å². The number of hydrogen-bond donors (Lipinski definition) is 1. The summed E-state index contributed by atoms with van der Waals surface area (Å²) in [6.45, 7) is 3.08. The smallest absolute Gasteiger partial charge is 0.311 e. The van der Waals surface area contributed by atoms with E-state index in [1.54, 1.807) is 19.1 Å². The maximum Gasteiger partial charge on any atom is 0.311 e. The second-order valence-corrected chi connectivity index (χ2v) is 4.65. The van der Waals surface area contributed by atoms with Crippen LogP contribution < -0.4 is 4.74 Å².